The van der Waals surface area contributed by atoms with Gasteiger partial charge in [0.05, 0.1) is 4.90 Å². The van der Waals surface area contributed by atoms with Crippen LogP contribution in [0.25, 0.3) is 11.4 Å². The zero-order chi connectivity index (χ0) is 14.9. The van der Waals surface area contributed by atoms with E-state index in [1.807, 2.05) is 7.05 Å². The Balaban J connectivity index is 1.83. The summed E-state index contributed by atoms with van der Waals surface area (Å²) in [7, 11) is -1.44. The van der Waals surface area contributed by atoms with Crippen LogP contribution in [-0.4, -0.2) is 71.5 Å². The van der Waals surface area contributed by atoms with Crippen molar-refractivity contribution in [1.82, 2.24) is 29.8 Å². The summed E-state index contributed by atoms with van der Waals surface area (Å²) >= 11 is 0. The molecule has 1 aromatic heterocycles. The molecule has 1 aliphatic rings. The molecule has 21 heavy (non-hydrogen) atoms. The number of tetrazole rings is 1. The van der Waals surface area contributed by atoms with Crippen molar-refractivity contribution in [3.63, 3.8) is 0 Å². The fourth-order valence-electron chi connectivity index (χ4n) is 2.24. The lowest BCUT2D eigenvalue weighted by atomic mass is 10.2. The number of piperazine rings is 1. The minimum absolute atomic E-state index is 0.291. The third kappa shape index (κ3) is 2.80. The molecular formula is C12H16N6O2S. The van der Waals surface area contributed by atoms with Crippen molar-refractivity contribution in [2.24, 2.45) is 0 Å². The second-order valence-corrected chi connectivity index (χ2v) is 6.91. The second kappa shape index (κ2) is 5.51. The maximum absolute atomic E-state index is 12.5. The molecule has 1 N–H and O–H groups in total. The van der Waals surface area contributed by atoms with E-state index in [9.17, 15) is 8.42 Å². The van der Waals surface area contributed by atoms with Crippen molar-refractivity contribution in [2.45, 2.75) is 4.90 Å². The van der Waals surface area contributed by atoms with E-state index < -0.39 is 10.0 Å². The van der Waals surface area contributed by atoms with Crippen LogP contribution in [0.1, 0.15) is 0 Å². The topological polar surface area (TPSA) is 95.1 Å². The van der Waals surface area contributed by atoms with Gasteiger partial charge in [-0.1, -0.05) is 0 Å². The van der Waals surface area contributed by atoms with Crippen LogP contribution in [0.5, 0.6) is 0 Å². The highest BCUT2D eigenvalue weighted by Crippen LogP contribution is 2.20. The van der Waals surface area contributed by atoms with E-state index >= 15 is 0 Å². The Labute approximate surface area is 122 Å². The largest absolute Gasteiger partial charge is 0.304 e. The van der Waals surface area contributed by atoms with E-state index in [0.717, 1.165) is 18.7 Å². The van der Waals surface area contributed by atoms with Gasteiger partial charge in [-0.25, -0.2) is 8.42 Å². The average molecular weight is 308 g/mol. The first-order valence-corrected chi connectivity index (χ1v) is 8.04. The molecule has 0 bridgehead atoms. The van der Waals surface area contributed by atoms with Crippen LogP contribution >= 0.6 is 0 Å². The van der Waals surface area contributed by atoms with Gasteiger partial charge in [0.1, 0.15) is 0 Å². The van der Waals surface area contributed by atoms with Gasteiger partial charge in [-0.2, -0.15) is 9.52 Å². The molecule has 1 aliphatic heterocycles. The minimum Gasteiger partial charge on any atom is -0.304 e. The minimum atomic E-state index is -3.43. The number of hydrogen-bond acceptors (Lipinski definition) is 6. The number of nitrogens with zero attached hydrogens (tertiary/aromatic N) is 5. The first-order valence-electron chi connectivity index (χ1n) is 6.60. The van der Waals surface area contributed by atoms with Crippen molar-refractivity contribution < 1.29 is 8.42 Å². The summed E-state index contributed by atoms with van der Waals surface area (Å²) in [6, 6.07) is 6.54. The van der Waals surface area contributed by atoms with Crippen molar-refractivity contribution in [2.75, 3.05) is 33.2 Å². The number of rotatable bonds is 3. The van der Waals surface area contributed by atoms with E-state index in [1.165, 1.54) is 4.31 Å². The highest BCUT2D eigenvalue weighted by molar-refractivity contribution is 7.89. The number of aromatic amines is 1. The van der Waals surface area contributed by atoms with Crippen molar-refractivity contribution in [3.05, 3.63) is 24.3 Å². The first-order chi connectivity index (χ1) is 10.1. The number of sulfonamides is 1. The van der Waals surface area contributed by atoms with E-state index in [4.69, 9.17) is 0 Å². The molecule has 0 unspecified atom stereocenters. The highest BCUT2D eigenvalue weighted by Gasteiger charge is 2.27. The zero-order valence-electron chi connectivity index (χ0n) is 11.6. The Morgan fingerprint density at radius 2 is 1.76 bits per heavy atom. The molecule has 1 fully saturated rings. The van der Waals surface area contributed by atoms with E-state index in [1.54, 1.807) is 24.3 Å². The molecule has 3 rings (SSSR count). The first kappa shape index (κ1) is 14.1. The molecule has 2 aromatic rings. The maximum Gasteiger partial charge on any atom is 0.243 e. The van der Waals surface area contributed by atoms with E-state index in [0.29, 0.717) is 23.8 Å². The molecule has 1 saturated heterocycles. The van der Waals surface area contributed by atoms with Gasteiger partial charge >= 0.3 is 0 Å². The van der Waals surface area contributed by atoms with Gasteiger partial charge in [0.25, 0.3) is 0 Å². The van der Waals surface area contributed by atoms with Crippen molar-refractivity contribution >= 4 is 10.0 Å². The molecule has 1 aromatic carbocycles. The Morgan fingerprint density at radius 3 is 2.33 bits per heavy atom. The molecule has 0 amide bonds. The predicted molar refractivity (Wildman–Crippen MR) is 75.9 cm³/mol. The average Bonchev–Trinajstić information content (AvgIpc) is 3.02. The van der Waals surface area contributed by atoms with Gasteiger partial charge in [-0.3, -0.25) is 0 Å². The molecule has 0 aliphatic carbocycles. The Hall–Kier alpha value is -1.84. The summed E-state index contributed by atoms with van der Waals surface area (Å²) in [6.07, 6.45) is 0. The summed E-state index contributed by atoms with van der Waals surface area (Å²) < 4.78 is 26.6. The molecule has 8 nitrogen and oxygen atoms in total. The van der Waals surface area contributed by atoms with Crippen LogP contribution in [0.15, 0.2) is 29.2 Å². The van der Waals surface area contributed by atoms with Gasteiger partial charge in [0, 0.05) is 31.7 Å². The fraction of sp³-hybridized carbons (Fsp3) is 0.417. The van der Waals surface area contributed by atoms with Crippen molar-refractivity contribution in [1.29, 1.82) is 0 Å². The Bertz CT molecular complexity index is 690. The third-order valence-electron chi connectivity index (χ3n) is 3.56. The van der Waals surface area contributed by atoms with Crippen LogP contribution in [0.2, 0.25) is 0 Å². The highest BCUT2D eigenvalue weighted by atomic mass is 32.2. The second-order valence-electron chi connectivity index (χ2n) is 4.97. The van der Waals surface area contributed by atoms with Crippen LogP contribution < -0.4 is 0 Å². The maximum atomic E-state index is 12.5. The normalized spacial score (nSPS) is 18.0. The molecule has 0 radical (unpaired) electrons. The van der Waals surface area contributed by atoms with Crippen LogP contribution in [0.3, 0.4) is 0 Å². The molecule has 9 heteroatoms. The van der Waals surface area contributed by atoms with Gasteiger partial charge in [0.2, 0.25) is 15.8 Å². The van der Waals surface area contributed by atoms with E-state index in [2.05, 4.69) is 25.5 Å². The van der Waals surface area contributed by atoms with Crippen LogP contribution in [-0.2, 0) is 10.0 Å². The van der Waals surface area contributed by atoms with Gasteiger partial charge in [-0.15, -0.1) is 10.2 Å². The number of aromatic nitrogens is 4. The molecule has 0 atom stereocenters. The monoisotopic (exact) mass is 308 g/mol. The molecule has 0 saturated carbocycles. The van der Waals surface area contributed by atoms with Crippen LogP contribution in [0.4, 0.5) is 0 Å². The lowest BCUT2D eigenvalue weighted by molar-refractivity contribution is 0.222. The molecular weight excluding hydrogens is 292 g/mol. The zero-order valence-corrected chi connectivity index (χ0v) is 12.4. The summed E-state index contributed by atoms with van der Waals surface area (Å²) in [4.78, 5) is 2.41. The summed E-state index contributed by atoms with van der Waals surface area (Å²) in [5.41, 5.74) is 0.723. The SMILES string of the molecule is CN1CCN(S(=O)(=O)c2ccc(-c3nn[nH]n3)cc2)CC1. The quantitative estimate of drug-likeness (QED) is 0.844. The summed E-state index contributed by atoms with van der Waals surface area (Å²) in [5, 5.41) is 13.6. The number of benzene rings is 1. The van der Waals surface area contributed by atoms with Crippen LogP contribution in [0, 0.1) is 0 Å². The molecule has 2 heterocycles. The Kier molecular flexibility index (Phi) is 3.70. The number of H-pyrrole nitrogens is 1. The third-order valence-corrected chi connectivity index (χ3v) is 5.47. The van der Waals surface area contributed by atoms with Gasteiger partial charge < -0.3 is 4.90 Å². The standard InChI is InChI=1S/C12H16N6O2S/c1-17-6-8-18(9-7-17)21(19,20)11-4-2-10(3-5-11)12-13-15-16-14-12/h2-5H,6-9H2,1H3,(H,13,14,15,16). The van der Waals surface area contributed by atoms with E-state index in [-0.39, 0.29) is 0 Å². The summed E-state index contributed by atoms with van der Waals surface area (Å²) in [5.74, 6) is 0.443. The number of nitrogens with one attached hydrogen (secondary N) is 1. The summed E-state index contributed by atoms with van der Waals surface area (Å²) in [6.45, 7) is 2.54. The molecule has 0 spiro atoms. The van der Waals surface area contributed by atoms with Crippen molar-refractivity contribution in [3.8, 4) is 11.4 Å². The Morgan fingerprint density at radius 1 is 1.10 bits per heavy atom. The molecule has 112 valence electrons. The van der Waals surface area contributed by atoms with Gasteiger partial charge in [0.15, 0.2) is 0 Å². The lowest BCUT2D eigenvalue weighted by Gasteiger charge is -2.31. The van der Waals surface area contributed by atoms with Gasteiger partial charge in [-0.05, 0) is 36.5 Å². The number of likely N-dealkylation sites (N-methyl/N-ethyl adjacent to an activating group) is 1. The smallest absolute Gasteiger partial charge is 0.243 e. The number of hydrogen-bond donors (Lipinski definition) is 1. The fourth-order valence-corrected chi connectivity index (χ4v) is 3.66. The predicted octanol–water partition coefficient (Wildman–Crippen LogP) is -0.197. The lowest BCUT2D eigenvalue weighted by Crippen LogP contribution is -2.46.